The largest absolute Gasteiger partial charge is 0.358 e. The number of aromatic nitrogens is 1. The fourth-order valence-electron chi connectivity index (χ4n) is 3.00. The van der Waals surface area contributed by atoms with Gasteiger partial charge in [-0.3, -0.25) is 4.79 Å². The van der Waals surface area contributed by atoms with E-state index in [0.717, 1.165) is 22.0 Å². The maximum absolute atomic E-state index is 12.1. The fraction of sp³-hybridized carbons (Fsp3) is 0.250. The minimum atomic E-state index is 0.0611. The summed E-state index contributed by atoms with van der Waals surface area (Å²) in [5, 5.41) is 4.28. The summed E-state index contributed by atoms with van der Waals surface area (Å²) in [7, 11) is 0. The molecule has 3 aromatic rings. The van der Waals surface area contributed by atoms with Crippen LogP contribution in [0.1, 0.15) is 22.4 Å². The van der Waals surface area contributed by atoms with Gasteiger partial charge in [-0.05, 0) is 55.7 Å². The van der Waals surface area contributed by atoms with Gasteiger partial charge in [-0.1, -0.05) is 39.7 Å². The van der Waals surface area contributed by atoms with E-state index in [4.69, 9.17) is 0 Å². The van der Waals surface area contributed by atoms with E-state index in [0.29, 0.717) is 13.0 Å². The summed E-state index contributed by atoms with van der Waals surface area (Å²) in [6.07, 6.45) is 1.25. The van der Waals surface area contributed by atoms with Crippen molar-refractivity contribution in [3.63, 3.8) is 0 Å². The molecule has 0 aliphatic rings. The lowest BCUT2D eigenvalue weighted by Crippen LogP contribution is -2.27. The van der Waals surface area contributed by atoms with Crippen LogP contribution in [0, 0.1) is 13.8 Å². The molecule has 0 bridgehead atoms. The Morgan fingerprint density at radius 3 is 2.62 bits per heavy atom. The summed E-state index contributed by atoms with van der Waals surface area (Å²) in [5.41, 5.74) is 5.90. The van der Waals surface area contributed by atoms with E-state index < -0.39 is 0 Å². The van der Waals surface area contributed by atoms with Gasteiger partial charge in [0.25, 0.3) is 0 Å². The van der Waals surface area contributed by atoms with Crippen LogP contribution < -0.4 is 5.32 Å². The Morgan fingerprint density at radius 2 is 1.88 bits per heavy atom. The lowest BCUT2D eigenvalue weighted by atomic mass is 10.1. The smallest absolute Gasteiger partial charge is 0.224 e. The zero-order chi connectivity index (χ0) is 17.1. The van der Waals surface area contributed by atoms with Crippen LogP contribution in [0.3, 0.4) is 0 Å². The summed E-state index contributed by atoms with van der Waals surface area (Å²) < 4.78 is 1.02. The lowest BCUT2D eigenvalue weighted by Gasteiger charge is -2.06. The van der Waals surface area contributed by atoms with Crippen molar-refractivity contribution in [2.24, 2.45) is 0 Å². The molecule has 2 aromatic carbocycles. The zero-order valence-electron chi connectivity index (χ0n) is 13.9. The van der Waals surface area contributed by atoms with Crippen molar-refractivity contribution >= 4 is 32.7 Å². The molecule has 24 heavy (non-hydrogen) atoms. The van der Waals surface area contributed by atoms with E-state index in [9.17, 15) is 4.79 Å². The van der Waals surface area contributed by atoms with Crippen molar-refractivity contribution in [2.75, 3.05) is 6.54 Å². The highest BCUT2D eigenvalue weighted by atomic mass is 79.9. The molecule has 0 spiro atoms. The molecule has 0 saturated carbocycles. The van der Waals surface area contributed by atoms with Gasteiger partial charge in [-0.15, -0.1) is 0 Å². The quantitative estimate of drug-likeness (QED) is 0.670. The van der Waals surface area contributed by atoms with Crippen LogP contribution in [0.5, 0.6) is 0 Å². The van der Waals surface area contributed by atoms with Gasteiger partial charge in [0.1, 0.15) is 0 Å². The lowest BCUT2D eigenvalue weighted by molar-refractivity contribution is -0.120. The summed E-state index contributed by atoms with van der Waals surface area (Å²) in [6, 6.07) is 14.3. The van der Waals surface area contributed by atoms with Crippen LogP contribution in [-0.4, -0.2) is 17.4 Å². The van der Waals surface area contributed by atoms with Gasteiger partial charge in [0.05, 0.1) is 6.42 Å². The number of aryl methyl sites for hydroxylation is 2. The van der Waals surface area contributed by atoms with Gasteiger partial charge in [0.2, 0.25) is 5.91 Å². The third-order valence-corrected chi connectivity index (χ3v) is 4.78. The van der Waals surface area contributed by atoms with Crippen molar-refractivity contribution in [3.05, 3.63) is 69.3 Å². The number of benzene rings is 2. The molecule has 124 valence electrons. The van der Waals surface area contributed by atoms with Crippen molar-refractivity contribution in [1.82, 2.24) is 10.3 Å². The van der Waals surface area contributed by atoms with Gasteiger partial charge < -0.3 is 10.3 Å². The number of halogens is 1. The molecule has 1 heterocycles. The standard InChI is InChI=1S/C20H21BrN2O/c1-13-3-8-19-18(11-13)17(14(2)23-19)9-10-22-20(24)12-15-4-6-16(21)7-5-15/h3-8,11,23H,9-10,12H2,1-2H3,(H,22,24). The minimum absolute atomic E-state index is 0.0611. The van der Waals surface area contributed by atoms with E-state index in [1.54, 1.807) is 0 Å². The second-order valence-electron chi connectivity index (χ2n) is 6.18. The van der Waals surface area contributed by atoms with Crippen LogP contribution >= 0.6 is 15.9 Å². The van der Waals surface area contributed by atoms with Crippen molar-refractivity contribution in [1.29, 1.82) is 0 Å². The molecule has 1 aromatic heterocycles. The SMILES string of the molecule is Cc1ccc2[nH]c(C)c(CCNC(=O)Cc3ccc(Br)cc3)c2c1. The number of aromatic amines is 1. The molecule has 2 N–H and O–H groups in total. The Kier molecular flexibility index (Phi) is 5.05. The topological polar surface area (TPSA) is 44.9 Å². The Bertz CT molecular complexity index is 865. The minimum Gasteiger partial charge on any atom is -0.358 e. The number of H-pyrrole nitrogens is 1. The third-order valence-electron chi connectivity index (χ3n) is 4.25. The van der Waals surface area contributed by atoms with Gasteiger partial charge in [0.15, 0.2) is 0 Å². The number of hydrogen-bond donors (Lipinski definition) is 2. The third kappa shape index (κ3) is 3.88. The maximum atomic E-state index is 12.1. The number of amides is 1. The van der Waals surface area contributed by atoms with Crippen molar-refractivity contribution in [2.45, 2.75) is 26.7 Å². The monoisotopic (exact) mass is 384 g/mol. The van der Waals surface area contributed by atoms with Crippen LogP contribution in [-0.2, 0) is 17.6 Å². The van der Waals surface area contributed by atoms with Gasteiger partial charge >= 0.3 is 0 Å². The Labute approximate surface area is 150 Å². The van der Waals surface area contributed by atoms with E-state index in [1.807, 2.05) is 24.3 Å². The number of rotatable bonds is 5. The highest BCUT2D eigenvalue weighted by Crippen LogP contribution is 2.23. The highest BCUT2D eigenvalue weighted by Gasteiger charge is 2.09. The molecular formula is C20H21BrN2O. The van der Waals surface area contributed by atoms with Crippen molar-refractivity contribution < 1.29 is 4.79 Å². The second kappa shape index (κ2) is 7.22. The fourth-order valence-corrected chi connectivity index (χ4v) is 3.26. The zero-order valence-corrected chi connectivity index (χ0v) is 15.5. The van der Waals surface area contributed by atoms with Crippen LogP contribution in [0.25, 0.3) is 10.9 Å². The summed E-state index contributed by atoms with van der Waals surface area (Å²) in [4.78, 5) is 15.5. The number of nitrogens with one attached hydrogen (secondary N) is 2. The van der Waals surface area contributed by atoms with Gasteiger partial charge in [-0.25, -0.2) is 0 Å². The molecule has 0 atom stereocenters. The molecule has 0 unspecified atom stereocenters. The first-order chi connectivity index (χ1) is 11.5. The normalized spacial score (nSPS) is 11.0. The number of hydrogen-bond acceptors (Lipinski definition) is 1. The Balaban J connectivity index is 1.60. The second-order valence-corrected chi connectivity index (χ2v) is 7.10. The van der Waals surface area contributed by atoms with Gasteiger partial charge in [0, 0.05) is 27.6 Å². The van der Waals surface area contributed by atoms with E-state index in [-0.39, 0.29) is 5.91 Å². The highest BCUT2D eigenvalue weighted by molar-refractivity contribution is 9.10. The Hall–Kier alpha value is -2.07. The molecule has 1 amide bonds. The maximum Gasteiger partial charge on any atom is 0.224 e. The predicted molar refractivity (Wildman–Crippen MR) is 102 cm³/mol. The van der Waals surface area contributed by atoms with Crippen molar-refractivity contribution in [3.8, 4) is 0 Å². The first-order valence-corrected chi connectivity index (χ1v) is 8.91. The molecule has 0 aliphatic carbocycles. The average Bonchev–Trinajstić information content (AvgIpc) is 2.85. The molecule has 0 fully saturated rings. The molecular weight excluding hydrogens is 364 g/mol. The summed E-state index contributed by atoms with van der Waals surface area (Å²) in [5.74, 6) is 0.0611. The van der Waals surface area contributed by atoms with E-state index in [2.05, 4.69) is 58.3 Å². The first-order valence-electron chi connectivity index (χ1n) is 8.12. The molecule has 0 radical (unpaired) electrons. The molecule has 4 heteroatoms. The number of carbonyl (C=O) groups excluding carboxylic acids is 1. The van der Waals surface area contributed by atoms with E-state index in [1.165, 1.54) is 22.2 Å². The molecule has 3 rings (SSSR count). The molecule has 0 saturated heterocycles. The number of carbonyl (C=O) groups is 1. The van der Waals surface area contributed by atoms with Crippen LogP contribution in [0.15, 0.2) is 46.9 Å². The van der Waals surface area contributed by atoms with Crippen LogP contribution in [0.2, 0.25) is 0 Å². The van der Waals surface area contributed by atoms with E-state index >= 15 is 0 Å². The number of fused-ring (bicyclic) bond motifs is 1. The first kappa shape index (κ1) is 16.8. The van der Waals surface area contributed by atoms with Gasteiger partial charge in [-0.2, -0.15) is 0 Å². The average molecular weight is 385 g/mol. The summed E-state index contributed by atoms with van der Waals surface area (Å²) >= 11 is 3.40. The van der Waals surface area contributed by atoms with Crippen LogP contribution in [0.4, 0.5) is 0 Å². The Morgan fingerprint density at radius 1 is 1.12 bits per heavy atom. The molecule has 0 aliphatic heterocycles. The predicted octanol–water partition coefficient (Wildman–Crippen LogP) is 4.45. The summed E-state index contributed by atoms with van der Waals surface area (Å²) in [6.45, 7) is 4.84. The molecule has 3 nitrogen and oxygen atoms in total.